The van der Waals surface area contributed by atoms with Crippen LogP contribution in [-0.2, 0) is 0 Å². The molecule has 0 saturated heterocycles. The molecule has 0 saturated carbocycles. The lowest BCUT2D eigenvalue weighted by Crippen LogP contribution is -2.18. The van der Waals surface area contributed by atoms with E-state index >= 15 is 0 Å². The van der Waals surface area contributed by atoms with Crippen LogP contribution in [0.4, 0.5) is 5.82 Å². The molecule has 1 N–H and O–H groups in total. The van der Waals surface area contributed by atoms with E-state index < -0.39 is 0 Å². The average molecular weight is 359 g/mol. The van der Waals surface area contributed by atoms with Crippen molar-refractivity contribution in [2.75, 3.05) is 5.32 Å². The van der Waals surface area contributed by atoms with E-state index in [-0.39, 0.29) is 6.04 Å². The van der Waals surface area contributed by atoms with Gasteiger partial charge in [0.15, 0.2) is 5.82 Å². The van der Waals surface area contributed by atoms with Gasteiger partial charge < -0.3 is 5.32 Å². The second-order valence-electron chi connectivity index (χ2n) is 5.84. The monoisotopic (exact) mass is 358 g/mol. The van der Waals surface area contributed by atoms with Crippen molar-refractivity contribution in [2.45, 2.75) is 26.8 Å². The molecule has 0 aliphatic rings. The second kappa shape index (κ2) is 6.08. The molecule has 0 bridgehead atoms. The molecule has 1 aromatic carbocycles. The SMILES string of the molecule is Cc1cccc(C(Nc2nccn3ncc(Br)c23)C(C)C)c1. The van der Waals surface area contributed by atoms with Gasteiger partial charge in [-0.25, -0.2) is 9.50 Å². The van der Waals surface area contributed by atoms with E-state index in [4.69, 9.17) is 0 Å². The van der Waals surface area contributed by atoms with E-state index in [2.05, 4.69) is 76.4 Å². The topological polar surface area (TPSA) is 42.2 Å². The zero-order valence-electron chi connectivity index (χ0n) is 12.9. The summed E-state index contributed by atoms with van der Waals surface area (Å²) in [6.45, 7) is 6.55. The highest BCUT2D eigenvalue weighted by Crippen LogP contribution is 2.30. The Morgan fingerprint density at radius 1 is 1.27 bits per heavy atom. The third kappa shape index (κ3) is 2.86. The van der Waals surface area contributed by atoms with Crippen LogP contribution in [0.2, 0.25) is 0 Å². The molecule has 3 rings (SSSR count). The Balaban J connectivity index is 2.02. The Morgan fingerprint density at radius 3 is 2.82 bits per heavy atom. The highest BCUT2D eigenvalue weighted by Gasteiger charge is 2.18. The van der Waals surface area contributed by atoms with Gasteiger partial charge in [0.1, 0.15) is 5.52 Å². The molecule has 1 atom stereocenters. The molecular weight excluding hydrogens is 340 g/mol. The predicted octanol–water partition coefficient (Wildman–Crippen LogP) is 4.61. The number of nitrogens with one attached hydrogen (secondary N) is 1. The first-order valence-corrected chi connectivity index (χ1v) is 8.16. The van der Waals surface area contributed by atoms with Crippen molar-refractivity contribution >= 4 is 27.3 Å². The standard InChI is InChI=1S/C17H19BrN4/c1-11(2)15(13-6-4-5-12(3)9-13)21-17-16-14(18)10-20-22(16)8-7-19-17/h4-11,15H,1-3H3,(H,19,21). The fourth-order valence-corrected chi connectivity index (χ4v) is 3.12. The minimum absolute atomic E-state index is 0.195. The van der Waals surface area contributed by atoms with E-state index in [1.54, 1.807) is 12.4 Å². The van der Waals surface area contributed by atoms with Crippen LogP contribution in [0.5, 0.6) is 0 Å². The maximum Gasteiger partial charge on any atom is 0.153 e. The van der Waals surface area contributed by atoms with Gasteiger partial charge in [0, 0.05) is 12.4 Å². The van der Waals surface area contributed by atoms with E-state index in [9.17, 15) is 0 Å². The van der Waals surface area contributed by atoms with Crippen molar-refractivity contribution in [1.29, 1.82) is 0 Å². The van der Waals surface area contributed by atoms with Crippen LogP contribution in [0.1, 0.15) is 31.0 Å². The summed E-state index contributed by atoms with van der Waals surface area (Å²) in [7, 11) is 0. The molecular formula is C17H19BrN4. The Kier molecular flexibility index (Phi) is 4.16. The minimum atomic E-state index is 0.195. The first-order chi connectivity index (χ1) is 10.6. The van der Waals surface area contributed by atoms with Crippen molar-refractivity contribution in [3.63, 3.8) is 0 Å². The van der Waals surface area contributed by atoms with Gasteiger partial charge in [-0.15, -0.1) is 0 Å². The molecule has 4 nitrogen and oxygen atoms in total. The van der Waals surface area contributed by atoms with E-state index in [0.717, 1.165) is 15.8 Å². The van der Waals surface area contributed by atoms with Gasteiger partial charge >= 0.3 is 0 Å². The summed E-state index contributed by atoms with van der Waals surface area (Å²) < 4.78 is 2.77. The van der Waals surface area contributed by atoms with Crippen molar-refractivity contribution in [1.82, 2.24) is 14.6 Å². The highest BCUT2D eigenvalue weighted by molar-refractivity contribution is 9.10. The highest BCUT2D eigenvalue weighted by atomic mass is 79.9. The molecule has 0 aliphatic carbocycles. The molecule has 3 aromatic rings. The molecule has 1 unspecified atom stereocenters. The van der Waals surface area contributed by atoms with Crippen molar-refractivity contribution < 1.29 is 0 Å². The van der Waals surface area contributed by atoms with E-state index in [0.29, 0.717) is 5.92 Å². The molecule has 22 heavy (non-hydrogen) atoms. The van der Waals surface area contributed by atoms with Crippen LogP contribution >= 0.6 is 15.9 Å². The van der Waals surface area contributed by atoms with E-state index in [1.165, 1.54) is 11.1 Å². The van der Waals surface area contributed by atoms with Gasteiger partial charge in [-0.05, 0) is 34.3 Å². The maximum absolute atomic E-state index is 4.51. The smallest absolute Gasteiger partial charge is 0.153 e. The van der Waals surface area contributed by atoms with Gasteiger partial charge in [-0.3, -0.25) is 0 Å². The number of aryl methyl sites for hydroxylation is 1. The van der Waals surface area contributed by atoms with Gasteiger partial charge in [0.25, 0.3) is 0 Å². The number of rotatable bonds is 4. The zero-order valence-corrected chi connectivity index (χ0v) is 14.5. The van der Waals surface area contributed by atoms with Crippen LogP contribution < -0.4 is 5.32 Å². The molecule has 0 aliphatic heterocycles. The average Bonchev–Trinajstić information content (AvgIpc) is 2.87. The second-order valence-corrected chi connectivity index (χ2v) is 6.70. The number of fused-ring (bicyclic) bond motifs is 1. The Morgan fingerprint density at radius 2 is 2.09 bits per heavy atom. The van der Waals surface area contributed by atoms with Gasteiger partial charge in [-0.1, -0.05) is 43.7 Å². The lowest BCUT2D eigenvalue weighted by molar-refractivity contribution is 0.545. The summed E-state index contributed by atoms with van der Waals surface area (Å²) in [5, 5.41) is 7.90. The third-order valence-corrected chi connectivity index (χ3v) is 4.33. The molecule has 0 spiro atoms. The number of hydrogen-bond donors (Lipinski definition) is 1. The predicted molar refractivity (Wildman–Crippen MR) is 93.1 cm³/mol. The normalized spacial score (nSPS) is 12.8. The summed E-state index contributed by atoms with van der Waals surface area (Å²) in [5.74, 6) is 1.28. The number of halogens is 1. The number of aromatic nitrogens is 3. The quantitative estimate of drug-likeness (QED) is 0.740. The Labute approximate surface area is 138 Å². The largest absolute Gasteiger partial charge is 0.361 e. The van der Waals surface area contributed by atoms with Crippen LogP contribution in [0.25, 0.3) is 5.52 Å². The third-order valence-electron chi connectivity index (χ3n) is 3.75. The van der Waals surface area contributed by atoms with Gasteiger partial charge in [0.05, 0.1) is 16.7 Å². The summed E-state index contributed by atoms with van der Waals surface area (Å²) in [5.41, 5.74) is 3.50. The fraction of sp³-hybridized carbons (Fsp3) is 0.294. The Bertz CT molecular complexity index is 794. The molecule has 5 heteroatoms. The van der Waals surface area contributed by atoms with Crippen LogP contribution in [0, 0.1) is 12.8 Å². The molecule has 114 valence electrons. The van der Waals surface area contributed by atoms with Gasteiger partial charge in [-0.2, -0.15) is 5.10 Å². The first-order valence-electron chi connectivity index (χ1n) is 7.37. The van der Waals surface area contributed by atoms with Crippen molar-refractivity contribution in [3.8, 4) is 0 Å². The van der Waals surface area contributed by atoms with Crippen LogP contribution in [0.15, 0.2) is 47.3 Å². The summed E-state index contributed by atoms with van der Waals surface area (Å²) >= 11 is 3.55. The molecule has 0 amide bonds. The summed E-state index contributed by atoms with van der Waals surface area (Å²) in [6, 6.07) is 8.80. The van der Waals surface area contributed by atoms with Gasteiger partial charge in [0.2, 0.25) is 0 Å². The van der Waals surface area contributed by atoms with E-state index in [1.807, 2.05) is 10.7 Å². The maximum atomic E-state index is 4.51. The zero-order chi connectivity index (χ0) is 15.7. The van der Waals surface area contributed by atoms with Crippen LogP contribution in [-0.4, -0.2) is 14.6 Å². The Hall–Kier alpha value is -1.88. The number of benzene rings is 1. The lowest BCUT2D eigenvalue weighted by atomic mass is 9.95. The van der Waals surface area contributed by atoms with Crippen molar-refractivity contribution in [3.05, 3.63) is 58.5 Å². The molecule has 2 aromatic heterocycles. The number of anilines is 1. The fourth-order valence-electron chi connectivity index (χ4n) is 2.66. The molecule has 0 fully saturated rings. The van der Waals surface area contributed by atoms with Crippen molar-refractivity contribution in [2.24, 2.45) is 5.92 Å². The lowest BCUT2D eigenvalue weighted by Gasteiger charge is -2.24. The molecule has 0 radical (unpaired) electrons. The first kappa shape index (κ1) is 15.0. The van der Waals surface area contributed by atoms with Crippen LogP contribution in [0.3, 0.4) is 0 Å². The molecule has 2 heterocycles. The minimum Gasteiger partial charge on any atom is -0.361 e. The number of nitrogens with zero attached hydrogens (tertiary/aromatic N) is 3. The summed E-state index contributed by atoms with van der Waals surface area (Å²) in [6.07, 6.45) is 5.41. The number of hydrogen-bond acceptors (Lipinski definition) is 3. The summed E-state index contributed by atoms with van der Waals surface area (Å²) in [4.78, 5) is 4.51.